The molecule has 2 rings (SSSR count). The van der Waals surface area contributed by atoms with Gasteiger partial charge < -0.3 is 15.2 Å². The van der Waals surface area contributed by atoms with E-state index < -0.39 is 23.8 Å². The van der Waals surface area contributed by atoms with E-state index in [0.717, 1.165) is 0 Å². The molecule has 1 saturated carbocycles. The third-order valence-electron chi connectivity index (χ3n) is 3.76. The van der Waals surface area contributed by atoms with Crippen LogP contribution in [0.25, 0.3) is 0 Å². The molecule has 0 aromatic carbocycles. The number of carboxylic acid groups (broad SMARTS) is 1. The summed E-state index contributed by atoms with van der Waals surface area (Å²) in [5, 5.41) is 11.7. The van der Waals surface area contributed by atoms with Crippen LogP contribution in [-0.2, 0) is 19.1 Å². The van der Waals surface area contributed by atoms with E-state index in [2.05, 4.69) is 5.32 Å². The van der Waals surface area contributed by atoms with E-state index >= 15 is 0 Å². The van der Waals surface area contributed by atoms with Gasteiger partial charge in [0.15, 0.2) is 0 Å². The molecule has 6 heteroatoms. The summed E-state index contributed by atoms with van der Waals surface area (Å²) in [4.78, 5) is 34.5. The second kappa shape index (κ2) is 5.42. The molecule has 2 unspecified atom stereocenters. The fourth-order valence-corrected chi connectivity index (χ4v) is 3.01. The molecular weight excluding hydrogens is 250 g/mol. The minimum Gasteiger partial charge on any atom is -0.481 e. The van der Waals surface area contributed by atoms with Gasteiger partial charge >= 0.3 is 11.9 Å². The van der Waals surface area contributed by atoms with E-state index in [1.807, 2.05) is 12.2 Å². The molecule has 1 fully saturated rings. The Labute approximate surface area is 110 Å². The summed E-state index contributed by atoms with van der Waals surface area (Å²) in [5.41, 5.74) is 0. The molecule has 0 saturated heterocycles. The maximum Gasteiger partial charge on any atom is 0.325 e. The number of aliphatic carboxylic acids is 1. The van der Waals surface area contributed by atoms with Crippen LogP contribution in [0.15, 0.2) is 12.2 Å². The summed E-state index contributed by atoms with van der Waals surface area (Å²) in [6, 6.07) is 0. The Kier molecular flexibility index (Phi) is 3.87. The Morgan fingerprint density at radius 3 is 2.47 bits per heavy atom. The summed E-state index contributed by atoms with van der Waals surface area (Å²) < 4.78 is 4.71. The number of allylic oxidation sites excluding steroid dienone is 2. The average molecular weight is 267 g/mol. The van der Waals surface area contributed by atoms with Gasteiger partial charge in [0.2, 0.25) is 5.91 Å². The third kappa shape index (κ3) is 2.62. The number of amides is 1. The molecule has 2 N–H and O–H groups in total. The highest BCUT2D eigenvalue weighted by atomic mass is 16.5. The first-order chi connectivity index (χ1) is 9.04. The second-order valence-electron chi connectivity index (χ2n) is 4.86. The molecule has 0 aliphatic heterocycles. The summed E-state index contributed by atoms with van der Waals surface area (Å²) in [6.45, 7) is 1.72. The number of hydrogen-bond donors (Lipinski definition) is 2. The maximum absolute atomic E-state index is 12.0. The highest BCUT2D eigenvalue weighted by Crippen LogP contribution is 2.48. The zero-order valence-electron chi connectivity index (χ0n) is 10.7. The number of nitrogens with one attached hydrogen (secondary N) is 1. The first kappa shape index (κ1) is 13.6. The van der Waals surface area contributed by atoms with Crippen LogP contribution in [0.4, 0.5) is 0 Å². The molecular formula is C13H17NO5. The summed E-state index contributed by atoms with van der Waals surface area (Å²) >= 11 is 0. The van der Waals surface area contributed by atoms with Gasteiger partial charge in [0, 0.05) is 0 Å². The van der Waals surface area contributed by atoms with Crippen molar-refractivity contribution in [3.8, 4) is 0 Å². The number of carbonyl (C=O) groups is 3. The van der Waals surface area contributed by atoms with Gasteiger partial charge in [0.05, 0.1) is 18.4 Å². The van der Waals surface area contributed by atoms with Gasteiger partial charge in [-0.25, -0.2) is 0 Å². The van der Waals surface area contributed by atoms with Gasteiger partial charge in [-0.2, -0.15) is 0 Å². The van der Waals surface area contributed by atoms with E-state index in [9.17, 15) is 19.5 Å². The molecule has 2 aliphatic rings. The second-order valence-corrected chi connectivity index (χ2v) is 4.86. The van der Waals surface area contributed by atoms with Crippen molar-refractivity contribution in [1.82, 2.24) is 5.32 Å². The molecule has 19 heavy (non-hydrogen) atoms. The van der Waals surface area contributed by atoms with Crippen molar-refractivity contribution in [3.05, 3.63) is 12.2 Å². The number of ether oxygens (including phenoxy) is 1. The van der Waals surface area contributed by atoms with Crippen LogP contribution in [0.1, 0.15) is 13.3 Å². The first-order valence-corrected chi connectivity index (χ1v) is 6.39. The number of esters is 1. The van der Waals surface area contributed by atoms with Crippen LogP contribution >= 0.6 is 0 Å². The van der Waals surface area contributed by atoms with Gasteiger partial charge in [0.1, 0.15) is 6.54 Å². The van der Waals surface area contributed by atoms with Gasteiger partial charge in [-0.15, -0.1) is 0 Å². The zero-order valence-corrected chi connectivity index (χ0v) is 10.7. The van der Waals surface area contributed by atoms with Crippen LogP contribution in [0.2, 0.25) is 0 Å². The maximum atomic E-state index is 12.0. The predicted octanol–water partition coefficient (Wildman–Crippen LogP) is 0.189. The van der Waals surface area contributed by atoms with Crippen molar-refractivity contribution >= 4 is 17.8 Å². The largest absolute Gasteiger partial charge is 0.481 e. The van der Waals surface area contributed by atoms with Crippen molar-refractivity contribution in [2.75, 3.05) is 13.2 Å². The first-order valence-electron chi connectivity index (χ1n) is 6.39. The lowest BCUT2D eigenvalue weighted by Crippen LogP contribution is -2.42. The molecule has 0 radical (unpaired) electrons. The lowest BCUT2D eigenvalue weighted by atomic mass is 9.82. The Morgan fingerprint density at radius 1 is 1.26 bits per heavy atom. The fraction of sp³-hybridized carbons (Fsp3) is 0.615. The van der Waals surface area contributed by atoms with E-state index in [0.29, 0.717) is 6.42 Å². The molecule has 4 atom stereocenters. The molecule has 0 aromatic heterocycles. The SMILES string of the molecule is CCOC(=O)CNC(=O)[C@H]1C2C=CC(C2)[C@H]1C(=O)O. The van der Waals surface area contributed by atoms with Crippen molar-refractivity contribution in [3.63, 3.8) is 0 Å². The standard InChI is InChI=1S/C13H17NO5/c1-2-19-9(15)6-14-12(16)10-7-3-4-8(5-7)11(10)13(17)18/h3-4,7-8,10-11H,2,5-6H2,1H3,(H,14,16)(H,17,18)/t7?,8?,10-,11+/m0/s1. The van der Waals surface area contributed by atoms with Crippen LogP contribution in [0.3, 0.4) is 0 Å². The lowest BCUT2D eigenvalue weighted by molar-refractivity contribution is -0.148. The van der Waals surface area contributed by atoms with E-state index in [1.54, 1.807) is 6.92 Å². The topological polar surface area (TPSA) is 92.7 Å². The van der Waals surface area contributed by atoms with Crippen molar-refractivity contribution in [1.29, 1.82) is 0 Å². The molecule has 2 bridgehead atoms. The normalized spacial score (nSPS) is 31.2. The van der Waals surface area contributed by atoms with Crippen molar-refractivity contribution in [2.45, 2.75) is 13.3 Å². The third-order valence-corrected chi connectivity index (χ3v) is 3.76. The van der Waals surface area contributed by atoms with E-state index in [1.165, 1.54) is 0 Å². The van der Waals surface area contributed by atoms with E-state index in [4.69, 9.17) is 4.74 Å². The van der Waals surface area contributed by atoms with Crippen LogP contribution in [0, 0.1) is 23.7 Å². The predicted molar refractivity (Wildman–Crippen MR) is 65.0 cm³/mol. The molecule has 0 spiro atoms. The fourth-order valence-electron chi connectivity index (χ4n) is 3.01. The number of carboxylic acids is 1. The van der Waals surface area contributed by atoms with Gasteiger partial charge in [-0.3, -0.25) is 14.4 Å². The highest BCUT2D eigenvalue weighted by molar-refractivity contribution is 5.88. The summed E-state index contributed by atoms with van der Waals surface area (Å²) in [6.07, 6.45) is 4.48. The Balaban J connectivity index is 1.96. The summed E-state index contributed by atoms with van der Waals surface area (Å²) in [5.74, 6) is -3.21. The van der Waals surface area contributed by atoms with Crippen LogP contribution in [-0.4, -0.2) is 36.1 Å². The van der Waals surface area contributed by atoms with E-state index in [-0.39, 0.29) is 30.9 Å². The average Bonchev–Trinajstić information content (AvgIpc) is 2.96. The van der Waals surface area contributed by atoms with Gasteiger partial charge in [0.25, 0.3) is 0 Å². The molecule has 1 amide bonds. The number of hydrogen-bond acceptors (Lipinski definition) is 4. The van der Waals surface area contributed by atoms with Crippen molar-refractivity contribution < 1.29 is 24.2 Å². The van der Waals surface area contributed by atoms with Crippen LogP contribution in [0.5, 0.6) is 0 Å². The molecule has 0 heterocycles. The number of fused-ring (bicyclic) bond motifs is 2. The van der Waals surface area contributed by atoms with Gasteiger partial charge in [-0.1, -0.05) is 12.2 Å². The molecule has 0 aromatic rings. The minimum absolute atomic E-state index is 0.0340. The summed E-state index contributed by atoms with van der Waals surface area (Å²) in [7, 11) is 0. The quantitative estimate of drug-likeness (QED) is 0.548. The van der Waals surface area contributed by atoms with Crippen LogP contribution < -0.4 is 5.32 Å². The Morgan fingerprint density at radius 2 is 1.89 bits per heavy atom. The Bertz CT molecular complexity index is 431. The Hall–Kier alpha value is -1.85. The molecule has 104 valence electrons. The number of rotatable bonds is 5. The molecule has 2 aliphatic carbocycles. The number of carbonyl (C=O) groups excluding carboxylic acids is 2. The monoisotopic (exact) mass is 267 g/mol. The lowest BCUT2D eigenvalue weighted by Gasteiger charge is -2.23. The minimum atomic E-state index is -0.951. The van der Waals surface area contributed by atoms with Crippen molar-refractivity contribution in [2.24, 2.45) is 23.7 Å². The smallest absolute Gasteiger partial charge is 0.325 e. The van der Waals surface area contributed by atoms with Gasteiger partial charge in [-0.05, 0) is 25.2 Å². The highest BCUT2D eigenvalue weighted by Gasteiger charge is 2.51. The molecule has 6 nitrogen and oxygen atoms in total. The zero-order chi connectivity index (χ0) is 14.0.